The molecular formula is C7H13F3O2. The minimum atomic E-state index is -4.39. The normalized spacial score (nSPS) is 17.5. The molecule has 1 N–H and O–H groups in total. The Morgan fingerprint density at radius 2 is 1.92 bits per heavy atom. The van der Waals surface area contributed by atoms with Crippen molar-refractivity contribution in [2.24, 2.45) is 5.92 Å². The lowest BCUT2D eigenvalue weighted by Crippen LogP contribution is -2.36. The van der Waals surface area contributed by atoms with Gasteiger partial charge in [-0.15, -0.1) is 0 Å². The largest absolute Gasteiger partial charge is 0.396 e. The Balaban J connectivity index is 4.14. The van der Waals surface area contributed by atoms with Gasteiger partial charge in [-0.2, -0.15) is 13.2 Å². The molecule has 2 atom stereocenters. The summed E-state index contributed by atoms with van der Waals surface area (Å²) >= 11 is 0. The highest BCUT2D eigenvalue weighted by Gasteiger charge is 2.42. The molecule has 74 valence electrons. The van der Waals surface area contributed by atoms with Crippen LogP contribution in [0.3, 0.4) is 0 Å². The van der Waals surface area contributed by atoms with Crippen LogP contribution in [0.15, 0.2) is 0 Å². The molecule has 0 saturated heterocycles. The van der Waals surface area contributed by atoms with E-state index in [9.17, 15) is 13.2 Å². The highest BCUT2D eigenvalue weighted by Crippen LogP contribution is 2.29. The van der Waals surface area contributed by atoms with Crippen LogP contribution in [0.4, 0.5) is 13.2 Å². The third-order valence-corrected chi connectivity index (χ3v) is 1.61. The van der Waals surface area contributed by atoms with Gasteiger partial charge in [-0.3, -0.25) is 0 Å². The first-order chi connectivity index (χ1) is 5.43. The number of alkyl halides is 3. The molecule has 0 bridgehead atoms. The summed E-state index contributed by atoms with van der Waals surface area (Å²) in [5, 5.41) is 8.46. The molecule has 0 aliphatic rings. The van der Waals surface area contributed by atoms with Gasteiger partial charge in [0.05, 0.1) is 12.7 Å². The van der Waals surface area contributed by atoms with Crippen LogP contribution in [0.5, 0.6) is 0 Å². The van der Waals surface area contributed by atoms with Crippen molar-refractivity contribution in [1.82, 2.24) is 0 Å². The van der Waals surface area contributed by atoms with Crippen LogP contribution in [0.2, 0.25) is 0 Å². The number of aliphatic hydroxyl groups excluding tert-OH is 1. The van der Waals surface area contributed by atoms with E-state index in [-0.39, 0.29) is 6.61 Å². The lowest BCUT2D eigenvalue weighted by molar-refractivity contribution is -0.213. The fourth-order valence-electron chi connectivity index (χ4n) is 0.897. The molecule has 0 aromatic heterocycles. The third-order valence-electron chi connectivity index (χ3n) is 1.61. The van der Waals surface area contributed by atoms with Gasteiger partial charge in [0.1, 0.15) is 5.92 Å². The number of hydrogen-bond acceptors (Lipinski definition) is 2. The molecule has 0 aliphatic carbocycles. The Morgan fingerprint density at radius 3 is 2.17 bits per heavy atom. The molecule has 0 aromatic carbocycles. The van der Waals surface area contributed by atoms with Crippen LogP contribution in [0, 0.1) is 5.92 Å². The Kier molecular flexibility index (Phi) is 4.55. The van der Waals surface area contributed by atoms with Crippen LogP contribution in [0.1, 0.15) is 13.8 Å². The van der Waals surface area contributed by atoms with E-state index in [1.165, 1.54) is 6.92 Å². The first kappa shape index (κ1) is 11.7. The van der Waals surface area contributed by atoms with E-state index in [1.807, 2.05) is 0 Å². The first-order valence-electron chi connectivity index (χ1n) is 3.72. The summed E-state index contributed by atoms with van der Waals surface area (Å²) in [7, 11) is 0. The maximum atomic E-state index is 12.1. The SMILES string of the molecule is CCOC(C)C(CO)C(F)(F)F. The van der Waals surface area contributed by atoms with Gasteiger partial charge in [-0.1, -0.05) is 0 Å². The summed E-state index contributed by atoms with van der Waals surface area (Å²) in [6, 6.07) is 0. The van der Waals surface area contributed by atoms with Crippen molar-refractivity contribution >= 4 is 0 Å². The van der Waals surface area contributed by atoms with Crippen molar-refractivity contribution in [3.05, 3.63) is 0 Å². The number of rotatable bonds is 4. The van der Waals surface area contributed by atoms with E-state index >= 15 is 0 Å². The predicted molar refractivity (Wildman–Crippen MR) is 37.7 cm³/mol. The van der Waals surface area contributed by atoms with Gasteiger partial charge in [0.2, 0.25) is 0 Å². The minimum absolute atomic E-state index is 0.216. The zero-order valence-corrected chi connectivity index (χ0v) is 7.06. The molecule has 0 aliphatic heterocycles. The lowest BCUT2D eigenvalue weighted by Gasteiger charge is -2.23. The van der Waals surface area contributed by atoms with E-state index in [1.54, 1.807) is 6.92 Å². The molecule has 0 heterocycles. The van der Waals surface area contributed by atoms with Gasteiger partial charge in [-0.05, 0) is 13.8 Å². The molecule has 0 rings (SSSR count). The third kappa shape index (κ3) is 3.40. The number of aliphatic hydroxyl groups is 1. The maximum absolute atomic E-state index is 12.1. The van der Waals surface area contributed by atoms with E-state index in [0.717, 1.165) is 0 Å². The van der Waals surface area contributed by atoms with Crippen molar-refractivity contribution in [1.29, 1.82) is 0 Å². The molecule has 0 amide bonds. The van der Waals surface area contributed by atoms with Crippen LogP contribution in [-0.2, 0) is 4.74 Å². The topological polar surface area (TPSA) is 29.5 Å². The molecule has 2 nitrogen and oxygen atoms in total. The molecule has 12 heavy (non-hydrogen) atoms. The summed E-state index contributed by atoms with van der Waals surface area (Å²) in [5.74, 6) is -1.78. The van der Waals surface area contributed by atoms with Crippen LogP contribution in [-0.4, -0.2) is 30.6 Å². The summed E-state index contributed by atoms with van der Waals surface area (Å²) < 4.78 is 40.9. The van der Waals surface area contributed by atoms with Crippen molar-refractivity contribution in [2.45, 2.75) is 26.1 Å². The molecule has 0 aromatic rings. The Labute approximate surface area is 69.3 Å². The molecule has 0 fully saturated rings. The fraction of sp³-hybridized carbons (Fsp3) is 1.00. The second kappa shape index (κ2) is 4.67. The minimum Gasteiger partial charge on any atom is -0.396 e. The summed E-state index contributed by atoms with van der Waals surface area (Å²) in [4.78, 5) is 0. The van der Waals surface area contributed by atoms with Gasteiger partial charge in [0.25, 0.3) is 0 Å². The van der Waals surface area contributed by atoms with E-state index in [4.69, 9.17) is 9.84 Å². The van der Waals surface area contributed by atoms with E-state index in [2.05, 4.69) is 0 Å². The summed E-state index contributed by atoms with van der Waals surface area (Å²) in [6.45, 7) is 2.21. The number of ether oxygens (including phenoxy) is 1. The van der Waals surface area contributed by atoms with Gasteiger partial charge in [-0.25, -0.2) is 0 Å². The Hall–Kier alpha value is -0.290. The van der Waals surface area contributed by atoms with Crippen molar-refractivity contribution in [3.8, 4) is 0 Å². The standard InChI is InChI=1S/C7H13F3O2/c1-3-12-5(2)6(4-11)7(8,9)10/h5-6,11H,3-4H2,1-2H3. The lowest BCUT2D eigenvalue weighted by atomic mass is 10.0. The molecule has 5 heteroatoms. The monoisotopic (exact) mass is 186 g/mol. The van der Waals surface area contributed by atoms with Crippen LogP contribution in [0.25, 0.3) is 0 Å². The highest BCUT2D eigenvalue weighted by molar-refractivity contribution is 4.72. The molecular weight excluding hydrogens is 173 g/mol. The molecule has 0 saturated carbocycles. The van der Waals surface area contributed by atoms with Crippen molar-refractivity contribution < 1.29 is 23.0 Å². The van der Waals surface area contributed by atoms with Crippen molar-refractivity contribution in [2.75, 3.05) is 13.2 Å². The fourth-order valence-corrected chi connectivity index (χ4v) is 0.897. The zero-order valence-electron chi connectivity index (χ0n) is 7.06. The van der Waals surface area contributed by atoms with Crippen molar-refractivity contribution in [3.63, 3.8) is 0 Å². The maximum Gasteiger partial charge on any atom is 0.396 e. The molecule has 2 unspecified atom stereocenters. The number of hydrogen-bond donors (Lipinski definition) is 1. The first-order valence-corrected chi connectivity index (χ1v) is 3.72. The van der Waals surface area contributed by atoms with Gasteiger partial charge in [0, 0.05) is 6.61 Å². The smallest absolute Gasteiger partial charge is 0.396 e. The Morgan fingerprint density at radius 1 is 1.42 bits per heavy atom. The van der Waals surface area contributed by atoms with Gasteiger partial charge in [0.15, 0.2) is 0 Å². The molecule has 0 radical (unpaired) electrons. The predicted octanol–water partition coefficient (Wildman–Crippen LogP) is 1.58. The zero-order chi connectivity index (χ0) is 9.78. The van der Waals surface area contributed by atoms with E-state index < -0.39 is 24.8 Å². The average molecular weight is 186 g/mol. The quantitative estimate of drug-likeness (QED) is 0.722. The van der Waals surface area contributed by atoms with E-state index in [0.29, 0.717) is 0 Å². The second-order valence-electron chi connectivity index (χ2n) is 2.49. The van der Waals surface area contributed by atoms with Gasteiger partial charge >= 0.3 is 6.18 Å². The summed E-state index contributed by atoms with van der Waals surface area (Å²) in [5.41, 5.74) is 0. The molecule has 0 spiro atoms. The Bertz CT molecular complexity index is 124. The average Bonchev–Trinajstić information content (AvgIpc) is 1.85. The van der Waals surface area contributed by atoms with Crippen LogP contribution >= 0.6 is 0 Å². The van der Waals surface area contributed by atoms with Gasteiger partial charge < -0.3 is 9.84 Å². The highest BCUT2D eigenvalue weighted by atomic mass is 19.4. The second-order valence-corrected chi connectivity index (χ2v) is 2.49. The summed E-state index contributed by atoms with van der Waals surface area (Å²) in [6.07, 6.45) is -5.37. The van der Waals surface area contributed by atoms with Crippen LogP contribution < -0.4 is 0 Å². The number of halogens is 3.